The average Bonchev–Trinajstić information content (AvgIpc) is 2.83. The highest BCUT2D eigenvalue weighted by Gasteiger charge is 2.34. The predicted octanol–water partition coefficient (Wildman–Crippen LogP) is 1.79. The maximum atomic E-state index is 13.0. The molecule has 0 bridgehead atoms. The highest BCUT2D eigenvalue weighted by atomic mass is 19.2. The lowest BCUT2D eigenvalue weighted by Gasteiger charge is -2.21. The molecule has 0 spiro atoms. The van der Waals surface area contributed by atoms with Crippen molar-refractivity contribution in [1.29, 1.82) is 0 Å². The Balaban J connectivity index is 2.32. The van der Waals surface area contributed by atoms with Crippen molar-refractivity contribution >= 4 is 11.9 Å². The molecule has 2 rings (SSSR count). The van der Waals surface area contributed by atoms with E-state index in [2.05, 4.69) is 0 Å². The lowest BCUT2D eigenvalue weighted by atomic mass is 10.1. The second-order valence-corrected chi connectivity index (χ2v) is 4.25. The number of carbonyl (C=O) groups excluding carboxylic acids is 1. The molecule has 102 valence electrons. The number of benzene rings is 1. The maximum Gasteiger partial charge on any atom is 0.326 e. The van der Waals surface area contributed by atoms with Crippen LogP contribution in [0.4, 0.5) is 13.2 Å². The lowest BCUT2D eigenvalue weighted by molar-refractivity contribution is -0.141. The van der Waals surface area contributed by atoms with Crippen LogP contribution >= 0.6 is 0 Å². The highest BCUT2D eigenvalue weighted by Crippen LogP contribution is 2.22. The number of likely N-dealkylation sites (tertiary alicyclic amines) is 1. The number of halogens is 3. The summed E-state index contributed by atoms with van der Waals surface area (Å²) in [5.74, 6) is -6.60. The molecule has 1 aromatic carbocycles. The molecule has 1 atom stereocenters. The van der Waals surface area contributed by atoms with Crippen LogP contribution in [0.25, 0.3) is 0 Å². The van der Waals surface area contributed by atoms with E-state index in [1.807, 2.05) is 0 Å². The van der Waals surface area contributed by atoms with E-state index >= 15 is 0 Å². The van der Waals surface area contributed by atoms with Crippen LogP contribution in [0.5, 0.6) is 0 Å². The Labute approximate surface area is 106 Å². The minimum atomic E-state index is -1.66. The number of nitrogens with zero attached hydrogens (tertiary/aromatic N) is 1. The summed E-state index contributed by atoms with van der Waals surface area (Å²) in [4.78, 5) is 23.9. The molecule has 0 saturated carbocycles. The van der Waals surface area contributed by atoms with Gasteiger partial charge in [-0.1, -0.05) is 0 Å². The van der Waals surface area contributed by atoms with Crippen LogP contribution in [0.2, 0.25) is 0 Å². The zero-order valence-corrected chi connectivity index (χ0v) is 9.70. The molecule has 1 heterocycles. The first-order valence-corrected chi connectivity index (χ1v) is 5.60. The van der Waals surface area contributed by atoms with E-state index < -0.39 is 40.9 Å². The Morgan fingerprint density at radius 2 is 1.79 bits per heavy atom. The third-order valence-corrected chi connectivity index (χ3v) is 3.03. The molecule has 1 aromatic rings. The van der Waals surface area contributed by atoms with E-state index in [0.29, 0.717) is 18.6 Å². The Morgan fingerprint density at radius 1 is 1.21 bits per heavy atom. The number of amides is 1. The van der Waals surface area contributed by atoms with Crippen molar-refractivity contribution in [2.75, 3.05) is 6.54 Å². The van der Waals surface area contributed by atoms with Crippen molar-refractivity contribution in [3.8, 4) is 0 Å². The fraction of sp³-hybridized carbons (Fsp3) is 0.333. The molecule has 1 aliphatic heterocycles. The molecular weight excluding hydrogens is 263 g/mol. The van der Waals surface area contributed by atoms with Crippen LogP contribution in [0.15, 0.2) is 12.1 Å². The fourth-order valence-corrected chi connectivity index (χ4v) is 2.11. The van der Waals surface area contributed by atoms with Gasteiger partial charge < -0.3 is 10.0 Å². The van der Waals surface area contributed by atoms with Gasteiger partial charge in [-0.3, -0.25) is 4.79 Å². The van der Waals surface area contributed by atoms with Gasteiger partial charge in [-0.25, -0.2) is 18.0 Å². The van der Waals surface area contributed by atoms with Gasteiger partial charge in [0.2, 0.25) is 0 Å². The molecule has 4 nitrogen and oxygen atoms in total. The Hall–Kier alpha value is -2.05. The topological polar surface area (TPSA) is 57.6 Å². The normalized spacial score (nSPS) is 18.7. The van der Waals surface area contributed by atoms with Gasteiger partial charge in [-0.2, -0.15) is 0 Å². The maximum absolute atomic E-state index is 13.0. The highest BCUT2D eigenvalue weighted by molar-refractivity contribution is 5.97. The van der Waals surface area contributed by atoms with Crippen LogP contribution in [-0.4, -0.2) is 34.5 Å². The van der Waals surface area contributed by atoms with Gasteiger partial charge >= 0.3 is 5.97 Å². The minimum Gasteiger partial charge on any atom is -0.480 e. The van der Waals surface area contributed by atoms with Crippen LogP contribution in [0.3, 0.4) is 0 Å². The molecule has 1 fully saturated rings. The molecule has 19 heavy (non-hydrogen) atoms. The smallest absolute Gasteiger partial charge is 0.326 e. The summed E-state index contributed by atoms with van der Waals surface area (Å²) in [6.45, 7) is 0.191. The SMILES string of the molecule is O=C(O)[C@@H]1CCCN1C(=O)c1cc(F)c(F)c(F)c1. The van der Waals surface area contributed by atoms with Crippen LogP contribution < -0.4 is 0 Å². The van der Waals surface area contributed by atoms with Crippen molar-refractivity contribution in [1.82, 2.24) is 4.90 Å². The van der Waals surface area contributed by atoms with Crippen molar-refractivity contribution in [3.05, 3.63) is 35.1 Å². The summed E-state index contributed by atoms with van der Waals surface area (Å²) >= 11 is 0. The molecule has 0 aromatic heterocycles. The van der Waals surface area contributed by atoms with Crippen LogP contribution in [0.1, 0.15) is 23.2 Å². The number of hydrogen-bond acceptors (Lipinski definition) is 2. The third kappa shape index (κ3) is 2.40. The van der Waals surface area contributed by atoms with Crippen molar-refractivity contribution in [3.63, 3.8) is 0 Å². The lowest BCUT2D eigenvalue weighted by Crippen LogP contribution is -2.40. The fourth-order valence-electron chi connectivity index (χ4n) is 2.11. The van der Waals surface area contributed by atoms with E-state index in [-0.39, 0.29) is 13.0 Å². The number of carboxylic acid groups (broad SMARTS) is 1. The Bertz CT molecular complexity index is 524. The zero-order chi connectivity index (χ0) is 14.2. The first-order chi connectivity index (χ1) is 8.91. The Morgan fingerprint density at radius 3 is 2.32 bits per heavy atom. The van der Waals surface area contributed by atoms with Crippen LogP contribution in [-0.2, 0) is 4.79 Å². The largest absolute Gasteiger partial charge is 0.480 e. The molecule has 1 aliphatic rings. The van der Waals surface area contributed by atoms with E-state index in [9.17, 15) is 22.8 Å². The summed E-state index contributed by atoms with van der Waals surface area (Å²) in [5, 5.41) is 8.93. The second-order valence-electron chi connectivity index (χ2n) is 4.25. The van der Waals surface area contributed by atoms with Gasteiger partial charge in [0.1, 0.15) is 6.04 Å². The number of rotatable bonds is 2. The average molecular weight is 273 g/mol. The molecule has 1 saturated heterocycles. The molecule has 7 heteroatoms. The van der Waals surface area contributed by atoms with Gasteiger partial charge in [0.15, 0.2) is 17.5 Å². The third-order valence-electron chi connectivity index (χ3n) is 3.03. The first kappa shape index (κ1) is 13.4. The molecule has 0 radical (unpaired) electrons. The predicted molar refractivity (Wildman–Crippen MR) is 58.0 cm³/mol. The van der Waals surface area contributed by atoms with Crippen LogP contribution in [0, 0.1) is 17.5 Å². The molecule has 0 unspecified atom stereocenters. The second kappa shape index (κ2) is 4.91. The standard InChI is InChI=1S/C12H10F3NO3/c13-7-4-6(5-8(14)10(7)15)11(17)16-3-1-2-9(16)12(18)19/h4-5,9H,1-3H2,(H,18,19)/t9-/m0/s1. The van der Waals surface area contributed by atoms with E-state index in [1.165, 1.54) is 0 Å². The summed E-state index contributed by atoms with van der Waals surface area (Å²) in [7, 11) is 0. The number of carboxylic acids is 1. The monoisotopic (exact) mass is 273 g/mol. The quantitative estimate of drug-likeness (QED) is 0.836. The van der Waals surface area contributed by atoms with Crippen molar-refractivity contribution in [2.45, 2.75) is 18.9 Å². The number of carbonyl (C=O) groups is 2. The Kier molecular flexibility index (Phi) is 3.46. The zero-order valence-electron chi connectivity index (χ0n) is 9.70. The number of aliphatic carboxylic acids is 1. The van der Waals surface area contributed by atoms with E-state index in [1.54, 1.807) is 0 Å². The molecular formula is C12H10F3NO3. The van der Waals surface area contributed by atoms with Crippen molar-refractivity contribution in [2.24, 2.45) is 0 Å². The number of hydrogen-bond donors (Lipinski definition) is 1. The summed E-state index contributed by atoms with van der Waals surface area (Å²) in [6.07, 6.45) is 0.780. The van der Waals surface area contributed by atoms with Gasteiger partial charge in [-0.05, 0) is 25.0 Å². The minimum absolute atomic E-state index is 0.191. The summed E-state index contributed by atoms with van der Waals surface area (Å²) < 4.78 is 38.9. The summed E-state index contributed by atoms with van der Waals surface area (Å²) in [6, 6.07) is 0.124. The van der Waals surface area contributed by atoms with Gasteiger partial charge in [0.25, 0.3) is 5.91 Å². The first-order valence-electron chi connectivity index (χ1n) is 5.60. The van der Waals surface area contributed by atoms with Crippen molar-refractivity contribution < 1.29 is 27.9 Å². The van der Waals surface area contributed by atoms with Gasteiger partial charge in [-0.15, -0.1) is 0 Å². The van der Waals surface area contributed by atoms with Gasteiger partial charge in [0, 0.05) is 12.1 Å². The van der Waals surface area contributed by atoms with E-state index in [0.717, 1.165) is 4.90 Å². The van der Waals surface area contributed by atoms with Gasteiger partial charge in [0.05, 0.1) is 0 Å². The molecule has 1 amide bonds. The van der Waals surface area contributed by atoms with E-state index in [4.69, 9.17) is 5.11 Å². The molecule has 0 aliphatic carbocycles. The molecule has 1 N–H and O–H groups in total. The summed E-state index contributed by atoms with van der Waals surface area (Å²) in [5.41, 5.74) is -0.399.